The van der Waals surface area contributed by atoms with E-state index in [2.05, 4.69) is 0 Å². The minimum atomic E-state index is -0.360. The molecule has 2 heterocycles. The van der Waals surface area contributed by atoms with Gasteiger partial charge in [0.15, 0.2) is 5.06 Å². The molecule has 52 valence electrons. The average Bonchev–Trinajstić information content (AvgIpc) is 2.56. The molecule has 2 fully saturated rings. The highest BCUT2D eigenvalue weighted by atomic mass is 35.5. The van der Waals surface area contributed by atoms with Gasteiger partial charge < -0.3 is 9.47 Å². The molecule has 9 heavy (non-hydrogen) atoms. The first-order valence-electron chi connectivity index (χ1n) is 3.19. The minimum Gasteiger partial charge on any atom is -0.373 e. The first kappa shape index (κ1) is 5.96. The van der Waals surface area contributed by atoms with Crippen LogP contribution in [0.25, 0.3) is 0 Å². The van der Waals surface area contributed by atoms with Crippen molar-refractivity contribution in [3.8, 4) is 0 Å². The van der Waals surface area contributed by atoms with Crippen LogP contribution in [0, 0.1) is 0 Å². The third kappa shape index (κ3) is 1.07. The Labute approximate surface area is 59.1 Å². The molecule has 3 unspecified atom stereocenters. The summed E-state index contributed by atoms with van der Waals surface area (Å²) in [5, 5.41) is -0.360. The monoisotopic (exact) mass is 148 g/mol. The van der Waals surface area contributed by atoms with Crippen molar-refractivity contribution in [3.63, 3.8) is 0 Å². The number of ether oxygens (including phenoxy) is 2. The van der Waals surface area contributed by atoms with Crippen LogP contribution >= 0.6 is 11.6 Å². The van der Waals surface area contributed by atoms with Crippen molar-refractivity contribution in [1.29, 1.82) is 0 Å². The number of rotatable bonds is 2. The lowest BCUT2D eigenvalue weighted by molar-refractivity contribution is 0.314. The molecule has 2 aliphatic heterocycles. The quantitative estimate of drug-likeness (QED) is 0.433. The normalized spacial score (nSPS) is 55.3. The third-order valence-electron chi connectivity index (χ3n) is 1.83. The fraction of sp³-hybridized carbons (Fsp3) is 1.00. The van der Waals surface area contributed by atoms with Gasteiger partial charge in [0.1, 0.15) is 6.10 Å². The molecule has 0 aliphatic carbocycles. The van der Waals surface area contributed by atoms with Gasteiger partial charge >= 0.3 is 0 Å². The van der Waals surface area contributed by atoms with Crippen LogP contribution in [-0.2, 0) is 9.47 Å². The summed E-state index contributed by atoms with van der Waals surface area (Å²) in [4.78, 5) is 0. The van der Waals surface area contributed by atoms with Crippen molar-refractivity contribution < 1.29 is 9.47 Å². The van der Waals surface area contributed by atoms with Gasteiger partial charge in [-0.1, -0.05) is 11.6 Å². The molecule has 0 spiro atoms. The number of alkyl halides is 1. The number of hydrogen-bond acceptors (Lipinski definition) is 2. The van der Waals surface area contributed by atoms with Gasteiger partial charge in [0.05, 0.1) is 12.7 Å². The fourth-order valence-electron chi connectivity index (χ4n) is 0.970. The third-order valence-corrected chi connectivity index (χ3v) is 2.38. The van der Waals surface area contributed by atoms with Gasteiger partial charge in [-0.3, -0.25) is 0 Å². The lowest BCUT2D eigenvalue weighted by Gasteiger charge is -1.96. The van der Waals surface area contributed by atoms with E-state index in [4.69, 9.17) is 21.1 Å². The lowest BCUT2D eigenvalue weighted by atomic mass is 10.2. The summed E-state index contributed by atoms with van der Waals surface area (Å²) in [6, 6.07) is 0. The summed E-state index contributed by atoms with van der Waals surface area (Å²) in [5.41, 5.74) is 0. The molecule has 0 N–H and O–H groups in total. The second-order valence-corrected chi connectivity index (χ2v) is 3.35. The summed E-state index contributed by atoms with van der Waals surface area (Å²) in [6.07, 6.45) is 1.46. The first-order chi connectivity index (χ1) is 4.21. The smallest absolute Gasteiger partial charge is 0.170 e. The summed E-state index contributed by atoms with van der Waals surface area (Å²) in [6.45, 7) is 2.85. The first-order valence-corrected chi connectivity index (χ1v) is 3.57. The van der Waals surface area contributed by atoms with E-state index >= 15 is 0 Å². The van der Waals surface area contributed by atoms with E-state index in [1.54, 1.807) is 0 Å². The number of epoxide rings is 2. The molecular formula is C6H9ClO2. The van der Waals surface area contributed by atoms with Gasteiger partial charge in [-0.2, -0.15) is 0 Å². The van der Waals surface area contributed by atoms with Crippen LogP contribution in [0.3, 0.4) is 0 Å². The number of hydrogen-bond donors (Lipinski definition) is 0. The Balaban J connectivity index is 1.84. The van der Waals surface area contributed by atoms with Gasteiger partial charge in [0.25, 0.3) is 0 Å². The topological polar surface area (TPSA) is 25.1 Å². The van der Waals surface area contributed by atoms with E-state index in [-0.39, 0.29) is 11.2 Å². The van der Waals surface area contributed by atoms with Crippen LogP contribution in [0.15, 0.2) is 0 Å². The Morgan fingerprint density at radius 1 is 1.78 bits per heavy atom. The van der Waals surface area contributed by atoms with Crippen LogP contribution in [0.1, 0.15) is 13.3 Å². The molecule has 3 atom stereocenters. The highest BCUT2D eigenvalue weighted by Gasteiger charge is 2.54. The highest BCUT2D eigenvalue weighted by molar-refractivity contribution is 6.24. The second-order valence-electron chi connectivity index (χ2n) is 2.71. The highest BCUT2D eigenvalue weighted by Crippen LogP contribution is 2.46. The molecule has 2 rings (SSSR count). The Kier molecular flexibility index (Phi) is 1.07. The van der Waals surface area contributed by atoms with Crippen molar-refractivity contribution in [2.75, 3.05) is 6.61 Å². The largest absolute Gasteiger partial charge is 0.373 e. The van der Waals surface area contributed by atoms with E-state index in [0.29, 0.717) is 6.10 Å². The zero-order valence-corrected chi connectivity index (χ0v) is 6.02. The van der Waals surface area contributed by atoms with Crippen molar-refractivity contribution >= 4 is 11.6 Å². The second kappa shape index (κ2) is 1.62. The summed E-state index contributed by atoms with van der Waals surface area (Å²) >= 11 is 5.93. The van der Waals surface area contributed by atoms with Gasteiger partial charge in [-0.25, -0.2) is 0 Å². The van der Waals surface area contributed by atoms with Crippen LogP contribution in [-0.4, -0.2) is 23.9 Å². The molecule has 2 aliphatic rings. The maximum Gasteiger partial charge on any atom is 0.170 e. The van der Waals surface area contributed by atoms with Crippen molar-refractivity contribution in [3.05, 3.63) is 0 Å². The Hall–Kier alpha value is 0.210. The van der Waals surface area contributed by atoms with Crippen molar-refractivity contribution in [2.45, 2.75) is 30.6 Å². The van der Waals surface area contributed by atoms with Gasteiger partial charge in [0, 0.05) is 6.42 Å². The van der Waals surface area contributed by atoms with Crippen molar-refractivity contribution in [1.82, 2.24) is 0 Å². The zero-order chi connectivity index (χ0) is 6.48. The molecule has 0 bridgehead atoms. The Morgan fingerprint density at radius 2 is 2.33 bits per heavy atom. The van der Waals surface area contributed by atoms with E-state index in [1.807, 2.05) is 6.92 Å². The van der Waals surface area contributed by atoms with Gasteiger partial charge in [-0.05, 0) is 6.92 Å². The van der Waals surface area contributed by atoms with Crippen LogP contribution in [0.4, 0.5) is 0 Å². The molecule has 2 saturated heterocycles. The van der Waals surface area contributed by atoms with Crippen LogP contribution < -0.4 is 0 Å². The molecule has 2 nitrogen and oxygen atoms in total. The lowest BCUT2D eigenvalue weighted by Crippen LogP contribution is -2.07. The standard InChI is InChI=1S/C6H9ClO2/c1-4-6(7,9-4)2-5-3-8-5/h4-5H,2-3H2,1H3. The summed E-state index contributed by atoms with van der Waals surface area (Å²) < 4.78 is 10.1. The average molecular weight is 149 g/mol. The summed E-state index contributed by atoms with van der Waals surface area (Å²) in [7, 11) is 0. The number of halogens is 1. The molecule has 0 aromatic heterocycles. The van der Waals surface area contributed by atoms with E-state index in [1.165, 1.54) is 0 Å². The fourth-order valence-corrected chi connectivity index (χ4v) is 1.28. The minimum absolute atomic E-state index is 0.225. The maximum absolute atomic E-state index is 5.93. The van der Waals surface area contributed by atoms with E-state index in [9.17, 15) is 0 Å². The van der Waals surface area contributed by atoms with Crippen LogP contribution in [0.5, 0.6) is 0 Å². The Bertz CT molecular complexity index is 135. The molecule has 0 amide bonds. The summed E-state index contributed by atoms with van der Waals surface area (Å²) in [5.74, 6) is 0. The molecule has 3 heteroatoms. The maximum atomic E-state index is 5.93. The molecule has 0 aromatic rings. The molecular weight excluding hydrogens is 140 g/mol. The van der Waals surface area contributed by atoms with E-state index in [0.717, 1.165) is 13.0 Å². The van der Waals surface area contributed by atoms with Crippen LogP contribution in [0.2, 0.25) is 0 Å². The Morgan fingerprint density at radius 3 is 2.67 bits per heavy atom. The molecule has 0 aromatic carbocycles. The molecule has 0 radical (unpaired) electrons. The van der Waals surface area contributed by atoms with Gasteiger partial charge in [-0.15, -0.1) is 0 Å². The SMILES string of the molecule is CC1OC1(Cl)CC1CO1. The zero-order valence-electron chi connectivity index (χ0n) is 5.26. The predicted molar refractivity (Wildman–Crippen MR) is 33.5 cm³/mol. The van der Waals surface area contributed by atoms with Gasteiger partial charge in [0.2, 0.25) is 0 Å². The molecule has 0 saturated carbocycles. The van der Waals surface area contributed by atoms with E-state index < -0.39 is 0 Å². The predicted octanol–water partition coefficient (Wildman–Crippen LogP) is 1.13. The van der Waals surface area contributed by atoms with Crippen molar-refractivity contribution in [2.24, 2.45) is 0 Å².